The van der Waals surface area contributed by atoms with Gasteiger partial charge in [0.15, 0.2) is 0 Å². The maximum atomic E-state index is 12.7. The molecule has 5 N–H and O–H groups in total. The zero-order chi connectivity index (χ0) is 61.3. The SMILES string of the molecule is CC12C3=C4C5=C1[C@@]1(c6ccc(CC(=O)O)cc6)c6c7ccc8c6C2(c2ccc(CC(=O)O)cc2)c2c-8ccc6c2[C@]3(c2ccc(CC(=O)O)cc2)c2c-6ccc3c2[C@]4(c2ccc(CC(=O)O)cc2)c2c-3ccc3c2[C@]5(c2ccc(CC(=O)O)cc2)c2c-3ccc-7c21. The minimum atomic E-state index is -1.10. The Labute approximate surface area is 519 Å². The van der Waals surface area contributed by atoms with E-state index in [0.29, 0.717) is 27.8 Å². The zero-order valence-electron chi connectivity index (χ0n) is 48.6. The van der Waals surface area contributed by atoms with Crippen LogP contribution in [0.3, 0.4) is 0 Å². The summed E-state index contributed by atoms with van der Waals surface area (Å²) in [5, 5.41) is 51.9. The number of aliphatic carboxylic acids is 5. The summed E-state index contributed by atoms with van der Waals surface area (Å²) in [5.41, 5.74) is 29.4. The van der Waals surface area contributed by atoms with Crippen LogP contribution in [0.5, 0.6) is 0 Å². The van der Waals surface area contributed by atoms with Crippen LogP contribution in [0.25, 0.3) is 55.6 Å². The van der Waals surface area contributed by atoms with Crippen LogP contribution in [0.4, 0.5) is 0 Å². The summed E-state index contributed by atoms with van der Waals surface area (Å²) in [7, 11) is 0. The third-order valence-electron chi connectivity index (χ3n) is 23.9. The van der Waals surface area contributed by atoms with E-state index in [0.717, 1.165) is 83.5 Å². The molecule has 10 aromatic carbocycles. The molecule has 21 rings (SSSR count). The normalized spacial score (nSPS) is 24.7. The van der Waals surface area contributed by atoms with Crippen molar-refractivity contribution in [3.05, 3.63) is 316 Å². The molecule has 0 saturated heterocycles. The second kappa shape index (κ2) is 15.4. The Kier molecular flexibility index (Phi) is 8.43. The summed E-state index contributed by atoms with van der Waals surface area (Å²) < 4.78 is 0. The van der Waals surface area contributed by atoms with Crippen LogP contribution in [0, 0.1) is 5.41 Å². The number of carboxylic acid groups (broad SMARTS) is 5. The predicted molar refractivity (Wildman–Crippen MR) is 338 cm³/mol. The fraction of sp³-hybridized carbons (Fsp3) is 0.148. The Morgan fingerprint density at radius 1 is 0.253 bits per heavy atom. The van der Waals surface area contributed by atoms with E-state index in [2.05, 4.69) is 128 Å². The summed E-state index contributed by atoms with van der Waals surface area (Å²) >= 11 is 0. The van der Waals surface area contributed by atoms with Gasteiger partial charge in [-0.15, -0.1) is 0 Å². The second-order valence-electron chi connectivity index (χ2n) is 27.3. The largest absolute Gasteiger partial charge is 0.481 e. The number of carboxylic acids is 5. The molecule has 11 aliphatic carbocycles. The highest BCUT2D eigenvalue weighted by Gasteiger charge is 2.85. The number of carbonyl (C=O) groups is 5. The zero-order valence-corrected chi connectivity index (χ0v) is 48.6. The summed E-state index contributed by atoms with van der Waals surface area (Å²) in [6.07, 6.45) is -0.833. The molecule has 10 heteroatoms. The molecule has 0 saturated carbocycles. The summed E-state index contributed by atoms with van der Waals surface area (Å²) in [5.74, 6) is -4.65. The minimum Gasteiger partial charge on any atom is -0.481 e. The smallest absolute Gasteiger partial charge is 0.307 e. The van der Waals surface area contributed by atoms with Crippen molar-refractivity contribution in [1.82, 2.24) is 0 Å². The van der Waals surface area contributed by atoms with Crippen molar-refractivity contribution in [3.8, 4) is 55.6 Å². The van der Waals surface area contributed by atoms with Crippen LogP contribution in [0.1, 0.15) is 118 Å². The lowest BCUT2D eigenvalue weighted by Crippen LogP contribution is -2.62. The van der Waals surface area contributed by atoms with Gasteiger partial charge >= 0.3 is 29.8 Å². The molecule has 91 heavy (non-hydrogen) atoms. The molecular formula is C81H48O10. The Morgan fingerprint density at radius 3 is 0.670 bits per heavy atom. The van der Waals surface area contributed by atoms with E-state index in [1.54, 1.807) is 0 Å². The van der Waals surface area contributed by atoms with E-state index in [4.69, 9.17) is 0 Å². The van der Waals surface area contributed by atoms with Gasteiger partial charge < -0.3 is 25.5 Å². The number of benzene rings is 10. The molecule has 432 valence electrons. The highest BCUT2D eigenvalue weighted by molar-refractivity contribution is 6.15. The molecule has 0 bridgehead atoms. The topological polar surface area (TPSA) is 186 Å². The quantitative estimate of drug-likeness (QED) is 0.0661. The van der Waals surface area contributed by atoms with Crippen LogP contribution in [-0.4, -0.2) is 55.4 Å². The highest BCUT2D eigenvalue weighted by Crippen LogP contribution is 2.93. The third-order valence-corrected chi connectivity index (χ3v) is 23.9. The van der Waals surface area contributed by atoms with E-state index in [9.17, 15) is 49.5 Å². The Morgan fingerprint density at radius 2 is 0.440 bits per heavy atom. The van der Waals surface area contributed by atoms with Crippen molar-refractivity contribution in [2.45, 2.75) is 66.1 Å². The molecule has 0 fully saturated rings. The standard InChI is InChI=1S/C81H48O10/c1-76-74-72-73-75(76)80(45-18-8-40(9-19-45)35-60(88)89)67-52-27-25-50-48-23-22-47-49-24-26-51-53-28-30-55-56-31-29-54(52)69(80)71(56)81(76,46-20-10-41(11-21-46)36-61(90)91)70(55)68(53)79(74,44-16-6-39(7-17-44)34-59(86)87)66(51)64(49)77(72,42-12-2-37(3-13-42)32-57(82)83)62(47)63(48)78(73,65(50)67)43-14-4-38(5-15-43)33-58(84)85/h2-31H,32-36H2,1H3,(H,82,83)(H,84,85)(H,86,87)(H,88,89)(H,90,91)/t76?,77-,78+,79-,80+,81?. The molecule has 2 unspecified atom stereocenters. The van der Waals surface area contributed by atoms with Gasteiger partial charge in [0, 0.05) is 5.41 Å². The fourth-order valence-electron chi connectivity index (χ4n) is 21.9. The van der Waals surface area contributed by atoms with Crippen LogP contribution >= 0.6 is 0 Å². The first-order valence-corrected chi connectivity index (χ1v) is 31.1. The lowest BCUT2D eigenvalue weighted by atomic mass is 9.35. The fourth-order valence-corrected chi connectivity index (χ4v) is 21.9. The van der Waals surface area contributed by atoms with Crippen molar-refractivity contribution in [2.75, 3.05) is 0 Å². The first-order chi connectivity index (χ1) is 44.1. The first-order valence-electron chi connectivity index (χ1n) is 31.1. The lowest BCUT2D eigenvalue weighted by molar-refractivity contribution is -0.137. The van der Waals surface area contributed by atoms with Gasteiger partial charge in [-0.25, -0.2) is 0 Å². The van der Waals surface area contributed by atoms with E-state index in [1.165, 1.54) is 77.9 Å². The number of allylic oxidation sites excluding steroid dienone is 4. The van der Waals surface area contributed by atoms with E-state index < -0.39 is 62.3 Å². The van der Waals surface area contributed by atoms with Crippen LogP contribution in [-0.2, 0) is 83.2 Å². The number of hydrogen-bond donors (Lipinski definition) is 5. The van der Waals surface area contributed by atoms with Gasteiger partial charge in [0.2, 0.25) is 0 Å². The van der Waals surface area contributed by atoms with Crippen molar-refractivity contribution < 1.29 is 49.5 Å². The molecular weight excluding hydrogens is 1130 g/mol. The molecule has 10 aromatic rings. The summed E-state index contributed by atoms with van der Waals surface area (Å²) in [6, 6.07) is 65.4. The molecule has 0 radical (unpaired) electrons. The van der Waals surface area contributed by atoms with Crippen LogP contribution in [0.2, 0.25) is 0 Å². The first kappa shape index (κ1) is 50.0. The molecule has 0 aliphatic heterocycles. The molecule has 0 aromatic heterocycles. The molecule has 6 atom stereocenters. The molecule has 0 amide bonds. The number of hydrogen-bond acceptors (Lipinski definition) is 5. The van der Waals surface area contributed by atoms with Gasteiger partial charge in [-0.1, -0.05) is 189 Å². The van der Waals surface area contributed by atoms with Gasteiger partial charge in [-0.2, -0.15) is 0 Å². The maximum Gasteiger partial charge on any atom is 0.307 e. The van der Waals surface area contributed by atoms with E-state index in [1.807, 2.05) is 60.7 Å². The van der Waals surface area contributed by atoms with Gasteiger partial charge in [-0.3, -0.25) is 24.0 Å². The van der Waals surface area contributed by atoms with Gasteiger partial charge in [-0.05, 0) is 189 Å². The molecule has 0 spiro atoms. The van der Waals surface area contributed by atoms with Crippen molar-refractivity contribution >= 4 is 29.8 Å². The third kappa shape index (κ3) is 4.85. The number of fused-ring (bicyclic) bond motifs is 5. The minimum absolute atomic E-state index is 0.166. The number of rotatable bonds is 15. The highest BCUT2D eigenvalue weighted by atomic mass is 16.4. The molecule has 0 heterocycles. The van der Waals surface area contributed by atoms with Crippen LogP contribution in [0.15, 0.2) is 204 Å². The van der Waals surface area contributed by atoms with Crippen molar-refractivity contribution in [3.63, 3.8) is 0 Å². The molecule has 10 nitrogen and oxygen atoms in total. The van der Waals surface area contributed by atoms with Crippen molar-refractivity contribution in [2.24, 2.45) is 5.41 Å². The van der Waals surface area contributed by atoms with Gasteiger partial charge in [0.25, 0.3) is 0 Å². The van der Waals surface area contributed by atoms with Gasteiger partial charge in [0.05, 0.1) is 59.2 Å². The van der Waals surface area contributed by atoms with Crippen molar-refractivity contribution in [1.29, 1.82) is 0 Å². The van der Waals surface area contributed by atoms with Gasteiger partial charge in [0.1, 0.15) is 0 Å². The predicted octanol–water partition coefficient (Wildman–Crippen LogP) is 13.4. The van der Waals surface area contributed by atoms with E-state index in [-0.39, 0.29) is 32.1 Å². The Hall–Kier alpha value is -11.0. The average Bonchev–Trinajstić information content (AvgIpc) is 1.39. The Bertz CT molecular complexity index is 5170. The molecule has 11 aliphatic rings. The van der Waals surface area contributed by atoms with E-state index >= 15 is 0 Å². The maximum absolute atomic E-state index is 12.7. The summed E-state index contributed by atoms with van der Waals surface area (Å²) in [6.45, 7) is 2.54. The average molecular weight is 1180 g/mol. The summed E-state index contributed by atoms with van der Waals surface area (Å²) in [4.78, 5) is 63.3. The second-order valence-corrected chi connectivity index (χ2v) is 27.3. The lowest BCUT2D eigenvalue weighted by Gasteiger charge is -2.65. The monoisotopic (exact) mass is 1180 g/mol. The van der Waals surface area contributed by atoms with Crippen LogP contribution < -0.4 is 0 Å². The Balaban J connectivity index is 1.08.